The molecule has 25 heavy (non-hydrogen) atoms. The Morgan fingerprint density at radius 3 is 2.68 bits per heavy atom. The average molecular weight is 359 g/mol. The number of methoxy groups -OCH3 is 1. The normalized spacial score (nSPS) is 14.2. The quantitative estimate of drug-likeness (QED) is 0.854. The SMILES string of the molecule is COc1ccccc1CC(=O)Nc1cc(Cl)ccc1N1CCCCC1. The van der Waals surface area contributed by atoms with Crippen LogP contribution in [0.15, 0.2) is 42.5 Å². The highest BCUT2D eigenvalue weighted by Gasteiger charge is 2.17. The van der Waals surface area contributed by atoms with Crippen LogP contribution in [0.1, 0.15) is 24.8 Å². The fourth-order valence-corrected chi connectivity index (χ4v) is 3.41. The van der Waals surface area contributed by atoms with Crippen LogP contribution in [0, 0.1) is 0 Å². The smallest absolute Gasteiger partial charge is 0.228 e. The predicted octanol–water partition coefficient (Wildman–Crippen LogP) is 4.52. The zero-order valence-electron chi connectivity index (χ0n) is 14.4. The first kappa shape index (κ1) is 17.6. The third-order valence-electron chi connectivity index (χ3n) is 4.47. The zero-order valence-corrected chi connectivity index (χ0v) is 15.2. The summed E-state index contributed by atoms with van der Waals surface area (Å²) in [7, 11) is 1.61. The Bertz CT molecular complexity index is 742. The molecule has 1 heterocycles. The van der Waals surface area contributed by atoms with E-state index in [1.54, 1.807) is 7.11 Å². The first-order valence-electron chi connectivity index (χ1n) is 8.63. The van der Waals surface area contributed by atoms with Crippen molar-refractivity contribution in [3.63, 3.8) is 0 Å². The summed E-state index contributed by atoms with van der Waals surface area (Å²) in [5.74, 6) is 0.644. The number of amides is 1. The van der Waals surface area contributed by atoms with Crippen LogP contribution in [-0.4, -0.2) is 26.1 Å². The molecule has 2 aromatic carbocycles. The monoisotopic (exact) mass is 358 g/mol. The number of nitrogens with one attached hydrogen (secondary N) is 1. The van der Waals surface area contributed by atoms with Gasteiger partial charge in [-0.3, -0.25) is 4.79 Å². The van der Waals surface area contributed by atoms with Crippen LogP contribution in [0.4, 0.5) is 11.4 Å². The Kier molecular flexibility index (Phi) is 5.82. The minimum absolute atomic E-state index is 0.0787. The molecule has 0 aliphatic carbocycles. The summed E-state index contributed by atoms with van der Waals surface area (Å²) in [6.45, 7) is 2.02. The molecule has 0 atom stereocenters. The molecule has 3 rings (SSSR count). The molecule has 1 aliphatic rings. The van der Waals surface area contributed by atoms with Gasteiger partial charge < -0.3 is 15.0 Å². The minimum Gasteiger partial charge on any atom is -0.496 e. The van der Waals surface area contributed by atoms with Gasteiger partial charge in [-0.15, -0.1) is 0 Å². The molecule has 0 radical (unpaired) electrons. The molecular formula is C20H23ClN2O2. The maximum Gasteiger partial charge on any atom is 0.228 e. The van der Waals surface area contributed by atoms with Crippen LogP contribution in [0.5, 0.6) is 5.75 Å². The lowest BCUT2D eigenvalue weighted by atomic mass is 10.1. The molecular weight excluding hydrogens is 336 g/mol. The Balaban J connectivity index is 1.77. The van der Waals surface area contributed by atoms with E-state index < -0.39 is 0 Å². The summed E-state index contributed by atoms with van der Waals surface area (Å²) < 4.78 is 5.33. The molecule has 0 aromatic heterocycles. The van der Waals surface area contributed by atoms with Crippen LogP contribution < -0.4 is 15.0 Å². The van der Waals surface area contributed by atoms with Gasteiger partial charge >= 0.3 is 0 Å². The van der Waals surface area contributed by atoms with E-state index in [1.807, 2.05) is 42.5 Å². The van der Waals surface area contributed by atoms with Crippen molar-refractivity contribution >= 4 is 28.9 Å². The Morgan fingerprint density at radius 1 is 1.16 bits per heavy atom. The number of ether oxygens (including phenoxy) is 1. The van der Waals surface area contributed by atoms with Gasteiger partial charge in [0.15, 0.2) is 0 Å². The first-order valence-corrected chi connectivity index (χ1v) is 9.01. The van der Waals surface area contributed by atoms with E-state index in [1.165, 1.54) is 19.3 Å². The summed E-state index contributed by atoms with van der Waals surface area (Å²) in [6.07, 6.45) is 3.88. The van der Waals surface area contributed by atoms with E-state index in [2.05, 4.69) is 10.2 Å². The van der Waals surface area contributed by atoms with Gasteiger partial charge in [0.25, 0.3) is 0 Å². The second-order valence-electron chi connectivity index (χ2n) is 6.25. The first-order chi connectivity index (χ1) is 12.2. The number of piperidine rings is 1. The van der Waals surface area contributed by atoms with Gasteiger partial charge in [0.1, 0.15) is 5.75 Å². The third-order valence-corrected chi connectivity index (χ3v) is 4.71. The molecule has 0 bridgehead atoms. The number of carbonyl (C=O) groups is 1. The largest absolute Gasteiger partial charge is 0.496 e. The van der Waals surface area contributed by atoms with E-state index in [0.29, 0.717) is 5.02 Å². The molecule has 5 heteroatoms. The Morgan fingerprint density at radius 2 is 1.92 bits per heavy atom. The summed E-state index contributed by atoms with van der Waals surface area (Å²) in [4.78, 5) is 14.9. The van der Waals surface area contributed by atoms with Gasteiger partial charge in [0.2, 0.25) is 5.91 Å². The lowest BCUT2D eigenvalue weighted by molar-refractivity contribution is -0.115. The fourth-order valence-electron chi connectivity index (χ4n) is 3.24. The molecule has 0 spiro atoms. The number of para-hydroxylation sites is 1. The van der Waals surface area contributed by atoms with E-state index >= 15 is 0 Å². The van der Waals surface area contributed by atoms with E-state index in [0.717, 1.165) is 35.8 Å². The molecule has 1 amide bonds. The van der Waals surface area contributed by atoms with Crippen molar-refractivity contribution in [3.05, 3.63) is 53.1 Å². The summed E-state index contributed by atoms with van der Waals surface area (Å²) >= 11 is 6.16. The molecule has 1 saturated heterocycles. The van der Waals surface area contributed by atoms with Crippen molar-refractivity contribution in [1.29, 1.82) is 0 Å². The fraction of sp³-hybridized carbons (Fsp3) is 0.350. The maximum atomic E-state index is 12.6. The highest BCUT2D eigenvalue weighted by Crippen LogP contribution is 2.31. The predicted molar refractivity (Wildman–Crippen MR) is 103 cm³/mol. The summed E-state index contributed by atoms with van der Waals surface area (Å²) in [5.41, 5.74) is 2.68. The van der Waals surface area contributed by atoms with E-state index in [4.69, 9.17) is 16.3 Å². The van der Waals surface area contributed by atoms with Gasteiger partial charge in [0, 0.05) is 23.7 Å². The van der Waals surface area contributed by atoms with Crippen LogP contribution in [0.3, 0.4) is 0 Å². The van der Waals surface area contributed by atoms with Crippen molar-refractivity contribution in [2.75, 3.05) is 30.4 Å². The highest BCUT2D eigenvalue weighted by atomic mass is 35.5. The molecule has 132 valence electrons. The van der Waals surface area contributed by atoms with Gasteiger partial charge in [-0.2, -0.15) is 0 Å². The van der Waals surface area contributed by atoms with E-state index in [9.17, 15) is 4.79 Å². The van der Waals surface area contributed by atoms with Gasteiger partial charge in [-0.1, -0.05) is 29.8 Å². The van der Waals surface area contributed by atoms with Gasteiger partial charge in [0.05, 0.1) is 24.9 Å². The summed E-state index contributed by atoms with van der Waals surface area (Å²) in [5, 5.41) is 3.65. The van der Waals surface area contributed by atoms with Crippen molar-refractivity contribution in [1.82, 2.24) is 0 Å². The second-order valence-corrected chi connectivity index (χ2v) is 6.68. The number of halogens is 1. The number of benzene rings is 2. The van der Waals surface area contributed by atoms with Crippen LogP contribution in [0.2, 0.25) is 5.02 Å². The number of anilines is 2. The average Bonchev–Trinajstić information content (AvgIpc) is 2.63. The minimum atomic E-state index is -0.0787. The number of hydrogen-bond acceptors (Lipinski definition) is 3. The van der Waals surface area contributed by atoms with Crippen LogP contribution in [-0.2, 0) is 11.2 Å². The molecule has 1 fully saturated rings. The van der Waals surface area contributed by atoms with Crippen molar-refractivity contribution < 1.29 is 9.53 Å². The van der Waals surface area contributed by atoms with E-state index in [-0.39, 0.29) is 12.3 Å². The van der Waals surface area contributed by atoms with Gasteiger partial charge in [-0.05, 0) is 43.5 Å². The zero-order chi connectivity index (χ0) is 17.6. The molecule has 0 unspecified atom stereocenters. The topological polar surface area (TPSA) is 41.6 Å². The number of hydrogen-bond donors (Lipinski definition) is 1. The number of carbonyl (C=O) groups excluding carboxylic acids is 1. The third kappa shape index (κ3) is 4.45. The van der Waals surface area contributed by atoms with Crippen LogP contribution in [0.25, 0.3) is 0 Å². The second kappa shape index (κ2) is 8.26. The van der Waals surface area contributed by atoms with Crippen molar-refractivity contribution in [2.45, 2.75) is 25.7 Å². The summed E-state index contributed by atoms with van der Waals surface area (Å²) in [6, 6.07) is 13.3. The molecule has 0 saturated carbocycles. The highest BCUT2D eigenvalue weighted by molar-refractivity contribution is 6.31. The molecule has 4 nitrogen and oxygen atoms in total. The van der Waals surface area contributed by atoms with Crippen molar-refractivity contribution in [3.8, 4) is 5.75 Å². The molecule has 2 aromatic rings. The Hall–Kier alpha value is -2.20. The molecule has 1 N–H and O–H groups in total. The van der Waals surface area contributed by atoms with Crippen molar-refractivity contribution in [2.24, 2.45) is 0 Å². The van der Waals surface area contributed by atoms with Gasteiger partial charge in [-0.25, -0.2) is 0 Å². The van der Waals surface area contributed by atoms with Crippen LogP contribution >= 0.6 is 11.6 Å². The Labute approximate surface area is 153 Å². The lowest BCUT2D eigenvalue weighted by Crippen LogP contribution is -2.30. The number of rotatable bonds is 5. The maximum absolute atomic E-state index is 12.6. The number of nitrogens with zero attached hydrogens (tertiary/aromatic N) is 1. The lowest BCUT2D eigenvalue weighted by Gasteiger charge is -2.30. The standard InChI is InChI=1S/C20H23ClN2O2/c1-25-19-8-4-3-7-15(19)13-20(24)22-17-14-16(21)9-10-18(17)23-11-5-2-6-12-23/h3-4,7-10,14H,2,5-6,11-13H2,1H3,(H,22,24). The molecule has 1 aliphatic heterocycles.